The molecule has 0 fully saturated rings. The van der Waals surface area contributed by atoms with Gasteiger partial charge < -0.3 is 13.7 Å². The number of hydrogen-bond donors (Lipinski definition) is 0. The van der Waals surface area contributed by atoms with Crippen molar-refractivity contribution in [1.82, 2.24) is 0 Å². The summed E-state index contributed by atoms with van der Waals surface area (Å²) in [5, 5.41) is 6.76. The van der Waals surface area contributed by atoms with Crippen molar-refractivity contribution in [3.8, 4) is 22.3 Å². The molecule has 0 saturated carbocycles. The Kier molecular flexibility index (Phi) is 6.18. The molecule has 2 heterocycles. The third-order valence-corrected chi connectivity index (χ3v) is 9.64. The van der Waals surface area contributed by atoms with E-state index in [9.17, 15) is 0 Å². The summed E-state index contributed by atoms with van der Waals surface area (Å²) < 4.78 is 13.2. The van der Waals surface area contributed by atoms with Crippen LogP contribution in [0.15, 0.2) is 185 Å². The first kappa shape index (κ1) is 27.5. The molecule has 0 saturated heterocycles. The fraction of sp³-hybridized carbons (Fsp3) is 0. The van der Waals surface area contributed by atoms with Gasteiger partial charge in [0.1, 0.15) is 16.7 Å². The molecule has 0 aliphatic rings. The summed E-state index contributed by atoms with van der Waals surface area (Å²) in [6.45, 7) is 0. The second kappa shape index (κ2) is 11.0. The Bertz CT molecular complexity index is 2830. The molecule has 0 N–H and O–H groups in total. The zero-order valence-corrected chi connectivity index (χ0v) is 26.5. The number of anilines is 3. The molecule has 0 aliphatic carbocycles. The molecule has 0 atom stereocenters. The fourth-order valence-electron chi connectivity index (χ4n) is 7.37. The molecule has 3 nitrogen and oxygen atoms in total. The monoisotopic (exact) mass is 627 g/mol. The van der Waals surface area contributed by atoms with E-state index in [1.165, 1.54) is 16.5 Å². The maximum atomic E-state index is 6.69. The lowest BCUT2D eigenvalue weighted by atomic mass is 9.95. The number of furan rings is 2. The fourth-order valence-corrected chi connectivity index (χ4v) is 7.37. The summed E-state index contributed by atoms with van der Waals surface area (Å²) in [5.74, 6) is 0. The highest BCUT2D eigenvalue weighted by Gasteiger charge is 2.20. The van der Waals surface area contributed by atoms with Crippen LogP contribution in [0.2, 0.25) is 0 Å². The van der Waals surface area contributed by atoms with E-state index in [-0.39, 0.29) is 0 Å². The van der Waals surface area contributed by atoms with Gasteiger partial charge in [0.15, 0.2) is 5.58 Å². The van der Waals surface area contributed by atoms with E-state index in [0.29, 0.717) is 0 Å². The van der Waals surface area contributed by atoms with Gasteiger partial charge in [-0.1, -0.05) is 121 Å². The van der Waals surface area contributed by atoms with Crippen LogP contribution in [0.5, 0.6) is 0 Å². The molecule has 0 radical (unpaired) electrons. The summed E-state index contributed by atoms with van der Waals surface area (Å²) in [6, 6.07) is 61.8. The van der Waals surface area contributed by atoms with Gasteiger partial charge in [0.25, 0.3) is 0 Å². The predicted molar refractivity (Wildman–Crippen MR) is 204 cm³/mol. The SMILES string of the molecule is c1ccc(-c2cc3c4ccc(-c5cccc(N(c6ccccc6)c6cccc7c6oc6ccccc67)c5)cc4oc3c3ccccc23)cc1. The van der Waals surface area contributed by atoms with E-state index in [1.54, 1.807) is 0 Å². The quantitative estimate of drug-likeness (QED) is 0.190. The minimum atomic E-state index is 0.865. The van der Waals surface area contributed by atoms with Crippen molar-refractivity contribution in [2.45, 2.75) is 0 Å². The lowest BCUT2D eigenvalue weighted by Gasteiger charge is -2.26. The van der Waals surface area contributed by atoms with Gasteiger partial charge in [-0.2, -0.15) is 0 Å². The molecule has 0 spiro atoms. The van der Waals surface area contributed by atoms with Crippen molar-refractivity contribution < 1.29 is 8.83 Å². The van der Waals surface area contributed by atoms with Crippen LogP contribution in [-0.2, 0) is 0 Å². The molecule has 3 heteroatoms. The van der Waals surface area contributed by atoms with Gasteiger partial charge in [0.05, 0.1) is 5.69 Å². The Balaban J connectivity index is 1.13. The first-order chi connectivity index (χ1) is 24.3. The Morgan fingerprint density at radius 1 is 0.327 bits per heavy atom. The van der Waals surface area contributed by atoms with E-state index in [0.717, 1.165) is 77.5 Å². The highest BCUT2D eigenvalue weighted by atomic mass is 16.3. The third kappa shape index (κ3) is 4.44. The third-order valence-electron chi connectivity index (χ3n) is 9.64. The average Bonchev–Trinajstić information content (AvgIpc) is 3.74. The van der Waals surface area contributed by atoms with Gasteiger partial charge >= 0.3 is 0 Å². The van der Waals surface area contributed by atoms with Gasteiger partial charge in [0.2, 0.25) is 0 Å². The van der Waals surface area contributed by atoms with Gasteiger partial charge in [-0.25, -0.2) is 0 Å². The second-order valence-electron chi connectivity index (χ2n) is 12.5. The number of rotatable bonds is 5. The Morgan fingerprint density at radius 3 is 1.78 bits per heavy atom. The van der Waals surface area contributed by atoms with Crippen LogP contribution in [-0.4, -0.2) is 0 Å². The zero-order chi connectivity index (χ0) is 32.3. The van der Waals surface area contributed by atoms with Crippen LogP contribution >= 0.6 is 0 Å². The van der Waals surface area contributed by atoms with Crippen molar-refractivity contribution in [2.24, 2.45) is 0 Å². The minimum absolute atomic E-state index is 0.865. The van der Waals surface area contributed by atoms with Crippen LogP contribution in [0.4, 0.5) is 17.1 Å². The lowest BCUT2D eigenvalue weighted by molar-refractivity contribution is 0.669. The minimum Gasteiger partial charge on any atom is -0.455 e. The molecule has 0 bridgehead atoms. The molecule has 0 amide bonds. The van der Waals surface area contributed by atoms with Gasteiger partial charge in [-0.05, 0) is 82.2 Å². The maximum absolute atomic E-state index is 6.69. The molecular weight excluding hydrogens is 599 g/mol. The molecule has 0 unspecified atom stereocenters. The molecule has 2 aromatic heterocycles. The highest BCUT2D eigenvalue weighted by Crippen LogP contribution is 2.44. The summed E-state index contributed by atoms with van der Waals surface area (Å²) in [4.78, 5) is 2.28. The Morgan fingerprint density at radius 2 is 0.918 bits per heavy atom. The van der Waals surface area contributed by atoms with E-state index < -0.39 is 0 Å². The second-order valence-corrected chi connectivity index (χ2v) is 12.5. The largest absolute Gasteiger partial charge is 0.455 e. The van der Waals surface area contributed by atoms with Gasteiger partial charge in [0, 0.05) is 38.3 Å². The van der Waals surface area contributed by atoms with Crippen LogP contribution in [0, 0.1) is 0 Å². The number of hydrogen-bond acceptors (Lipinski definition) is 3. The van der Waals surface area contributed by atoms with E-state index in [1.807, 2.05) is 12.1 Å². The number of para-hydroxylation sites is 3. The molecule has 49 heavy (non-hydrogen) atoms. The number of benzene rings is 8. The van der Waals surface area contributed by atoms with Crippen molar-refractivity contribution in [1.29, 1.82) is 0 Å². The molecule has 230 valence electrons. The standard InChI is InChI=1S/C46H29NO2/c1-3-13-30(14-4-1)40-29-41-37-26-25-32(28-44(37)49-45(41)38-21-8-7-19-35(38)40)31-15-11-18-34(27-31)47(33-16-5-2-6-17-33)42-23-12-22-39-36-20-9-10-24-43(36)48-46(39)42/h1-29H. The van der Waals surface area contributed by atoms with Crippen LogP contribution in [0.3, 0.4) is 0 Å². The van der Waals surface area contributed by atoms with Crippen LogP contribution < -0.4 is 4.90 Å². The smallest absolute Gasteiger partial charge is 0.159 e. The predicted octanol–water partition coefficient (Wildman–Crippen LogP) is 13.4. The van der Waals surface area contributed by atoms with Crippen molar-refractivity contribution in [3.05, 3.63) is 176 Å². The average molecular weight is 628 g/mol. The first-order valence-corrected chi connectivity index (χ1v) is 16.6. The maximum Gasteiger partial charge on any atom is 0.159 e. The summed E-state index contributed by atoms with van der Waals surface area (Å²) >= 11 is 0. The molecule has 0 aliphatic heterocycles. The molecular formula is C46H29NO2. The summed E-state index contributed by atoms with van der Waals surface area (Å²) in [5.41, 5.74) is 11.2. The van der Waals surface area contributed by atoms with Gasteiger partial charge in [-0.15, -0.1) is 0 Å². The highest BCUT2D eigenvalue weighted by molar-refractivity contribution is 6.19. The van der Waals surface area contributed by atoms with Crippen LogP contribution in [0.1, 0.15) is 0 Å². The molecule has 10 rings (SSSR count). The van der Waals surface area contributed by atoms with E-state index in [4.69, 9.17) is 8.83 Å². The number of nitrogens with zero attached hydrogens (tertiary/aromatic N) is 1. The Hall–Kier alpha value is -6.58. The van der Waals surface area contributed by atoms with E-state index in [2.05, 4.69) is 169 Å². The first-order valence-electron chi connectivity index (χ1n) is 16.6. The van der Waals surface area contributed by atoms with Crippen molar-refractivity contribution in [2.75, 3.05) is 4.90 Å². The molecule has 8 aromatic carbocycles. The van der Waals surface area contributed by atoms with Crippen molar-refractivity contribution in [3.63, 3.8) is 0 Å². The van der Waals surface area contributed by atoms with Gasteiger partial charge in [-0.3, -0.25) is 0 Å². The topological polar surface area (TPSA) is 29.5 Å². The normalized spacial score (nSPS) is 11.7. The molecule has 10 aromatic rings. The summed E-state index contributed by atoms with van der Waals surface area (Å²) in [6.07, 6.45) is 0. The van der Waals surface area contributed by atoms with Crippen LogP contribution in [0.25, 0.3) is 76.9 Å². The Labute approximate surface area is 282 Å². The number of fused-ring (bicyclic) bond motifs is 8. The zero-order valence-electron chi connectivity index (χ0n) is 26.5. The summed E-state index contributed by atoms with van der Waals surface area (Å²) in [7, 11) is 0. The lowest BCUT2D eigenvalue weighted by Crippen LogP contribution is -2.10. The van der Waals surface area contributed by atoms with E-state index >= 15 is 0 Å². The van der Waals surface area contributed by atoms with Crippen molar-refractivity contribution >= 4 is 71.7 Å².